The highest BCUT2D eigenvalue weighted by atomic mass is 32.2. The summed E-state index contributed by atoms with van der Waals surface area (Å²) in [6, 6.07) is 5.78. The molecule has 0 radical (unpaired) electrons. The van der Waals surface area contributed by atoms with E-state index in [1.54, 1.807) is 0 Å². The lowest BCUT2D eigenvalue weighted by molar-refractivity contribution is 0.0748. The molecule has 0 aliphatic carbocycles. The van der Waals surface area contributed by atoms with Crippen LogP contribution in [0.15, 0.2) is 18.2 Å². The lowest BCUT2D eigenvalue weighted by atomic mass is 10.0. The molecule has 112 valence electrons. The quantitative estimate of drug-likeness (QED) is 0.810. The van der Waals surface area contributed by atoms with Crippen molar-refractivity contribution in [1.29, 1.82) is 0 Å². The molecule has 0 unspecified atom stereocenters. The third kappa shape index (κ3) is 4.26. The normalized spacial score (nSPS) is 17.0. The average molecular weight is 302 g/mol. The first-order valence-corrected chi connectivity index (χ1v) is 8.14. The van der Waals surface area contributed by atoms with Gasteiger partial charge in [-0.25, -0.2) is 0 Å². The van der Waals surface area contributed by atoms with Crippen LogP contribution in [0.1, 0.15) is 35.3 Å². The van der Waals surface area contributed by atoms with Crippen LogP contribution < -0.4 is 5.73 Å². The number of benzene rings is 1. The number of hydrogen-bond donors (Lipinski definition) is 1. The van der Waals surface area contributed by atoms with E-state index in [4.69, 9.17) is 5.73 Å². The Balaban J connectivity index is 2.24. The summed E-state index contributed by atoms with van der Waals surface area (Å²) in [5, 5.41) is 0. The van der Waals surface area contributed by atoms with Crippen molar-refractivity contribution in [3.8, 4) is 11.8 Å². The Morgan fingerprint density at radius 3 is 2.86 bits per heavy atom. The maximum absolute atomic E-state index is 12.7. The summed E-state index contributed by atoms with van der Waals surface area (Å²) in [7, 11) is 0. The number of carbonyl (C=O) groups excluding carboxylic acids is 1. The van der Waals surface area contributed by atoms with Gasteiger partial charge in [0.1, 0.15) is 0 Å². The van der Waals surface area contributed by atoms with Crippen molar-refractivity contribution in [3.05, 3.63) is 34.9 Å². The van der Waals surface area contributed by atoms with Gasteiger partial charge in [0.25, 0.3) is 5.91 Å². The zero-order chi connectivity index (χ0) is 15.5. The van der Waals surface area contributed by atoms with E-state index in [1.165, 1.54) is 0 Å². The number of carbonyl (C=O) groups is 1. The third-order valence-corrected chi connectivity index (χ3v) is 4.67. The fourth-order valence-electron chi connectivity index (χ4n) is 2.50. The minimum Gasteiger partial charge on any atom is -0.336 e. The Morgan fingerprint density at radius 2 is 2.19 bits per heavy atom. The fraction of sp³-hybridized carbons (Fsp3) is 0.471. The minimum atomic E-state index is 0.0999. The maximum Gasteiger partial charge on any atom is 0.253 e. The molecule has 1 aliphatic rings. The lowest BCUT2D eigenvalue weighted by Crippen LogP contribution is -2.46. The number of thioether (sulfide) groups is 1. The van der Waals surface area contributed by atoms with Gasteiger partial charge in [-0.15, -0.1) is 0 Å². The predicted molar refractivity (Wildman–Crippen MR) is 89.6 cm³/mol. The zero-order valence-corrected chi connectivity index (χ0v) is 13.7. The van der Waals surface area contributed by atoms with Crippen molar-refractivity contribution in [2.24, 2.45) is 5.73 Å². The molecule has 2 rings (SSSR count). The Morgan fingerprint density at radius 1 is 1.43 bits per heavy atom. The molecule has 0 saturated carbocycles. The number of hydrogen-bond acceptors (Lipinski definition) is 3. The van der Waals surface area contributed by atoms with E-state index >= 15 is 0 Å². The monoisotopic (exact) mass is 302 g/mol. The summed E-state index contributed by atoms with van der Waals surface area (Å²) in [5.74, 6) is 6.94. The molecule has 1 aromatic carbocycles. The molecule has 1 saturated heterocycles. The summed E-state index contributed by atoms with van der Waals surface area (Å²) in [6.45, 7) is 8.28. The van der Waals surface area contributed by atoms with E-state index in [2.05, 4.69) is 25.7 Å². The molecule has 3 nitrogen and oxygen atoms in total. The Labute approximate surface area is 131 Å². The molecule has 1 heterocycles. The molecular formula is C17H22N2OS. The van der Waals surface area contributed by atoms with Gasteiger partial charge in [-0.05, 0) is 44.5 Å². The Hall–Kier alpha value is -1.44. The lowest BCUT2D eigenvalue weighted by Gasteiger charge is -2.37. The number of rotatable bonds is 1. The molecule has 4 heteroatoms. The summed E-state index contributed by atoms with van der Waals surface area (Å²) < 4.78 is 0.125. The van der Waals surface area contributed by atoms with Crippen molar-refractivity contribution in [3.63, 3.8) is 0 Å². The molecule has 21 heavy (non-hydrogen) atoms. The zero-order valence-electron chi connectivity index (χ0n) is 12.9. The number of amides is 1. The van der Waals surface area contributed by atoms with Crippen molar-refractivity contribution in [2.45, 2.75) is 25.5 Å². The third-order valence-electron chi connectivity index (χ3n) is 3.37. The summed E-state index contributed by atoms with van der Waals surface area (Å²) in [4.78, 5) is 14.7. The van der Waals surface area contributed by atoms with Crippen molar-refractivity contribution in [1.82, 2.24) is 4.90 Å². The summed E-state index contributed by atoms with van der Waals surface area (Å²) >= 11 is 1.92. The van der Waals surface area contributed by atoms with Crippen molar-refractivity contribution < 1.29 is 4.79 Å². The highest BCUT2D eigenvalue weighted by Crippen LogP contribution is 2.30. The van der Waals surface area contributed by atoms with E-state index in [0.29, 0.717) is 6.54 Å². The van der Waals surface area contributed by atoms with Crippen LogP contribution >= 0.6 is 11.8 Å². The molecule has 1 fully saturated rings. The molecule has 1 amide bonds. The molecule has 1 aliphatic heterocycles. The standard InChI is InChI=1S/C17H22N2OS/c1-13-9-14(5-4-6-18)11-15(10-13)16(20)19-7-8-21-17(2,3)12-19/h9-11H,6-8,12,18H2,1-3H3. The molecule has 1 aromatic rings. The van der Waals surface area contributed by atoms with Crippen LogP contribution in [0.4, 0.5) is 0 Å². The predicted octanol–water partition coefficient (Wildman–Crippen LogP) is 2.27. The topological polar surface area (TPSA) is 46.3 Å². The van der Waals surface area contributed by atoms with Gasteiger partial charge in [0, 0.05) is 34.7 Å². The fourth-order valence-corrected chi connectivity index (χ4v) is 3.62. The van der Waals surface area contributed by atoms with E-state index in [-0.39, 0.29) is 10.7 Å². The molecule has 0 atom stereocenters. The van der Waals surface area contributed by atoms with Crippen LogP contribution in [0, 0.1) is 18.8 Å². The van der Waals surface area contributed by atoms with Gasteiger partial charge in [0.2, 0.25) is 0 Å². The second kappa shape index (κ2) is 6.55. The first kappa shape index (κ1) is 15.9. The second-order valence-corrected chi connectivity index (χ2v) is 7.73. The second-order valence-electron chi connectivity index (χ2n) is 5.93. The molecule has 0 aromatic heterocycles. The van der Waals surface area contributed by atoms with Crippen LogP contribution in [-0.2, 0) is 0 Å². The highest BCUT2D eigenvalue weighted by molar-refractivity contribution is 8.00. The highest BCUT2D eigenvalue weighted by Gasteiger charge is 2.30. The molecule has 0 spiro atoms. The summed E-state index contributed by atoms with van der Waals surface area (Å²) in [5.41, 5.74) is 8.03. The molecule has 2 N–H and O–H groups in total. The first-order valence-electron chi connectivity index (χ1n) is 7.15. The first-order chi connectivity index (χ1) is 9.91. The van der Waals surface area contributed by atoms with Crippen molar-refractivity contribution in [2.75, 3.05) is 25.4 Å². The minimum absolute atomic E-state index is 0.0999. The number of nitrogens with two attached hydrogens (primary N) is 1. The maximum atomic E-state index is 12.7. The van der Waals surface area contributed by atoms with Crippen molar-refractivity contribution >= 4 is 17.7 Å². The van der Waals surface area contributed by atoms with Gasteiger partial charge in [0.05, 0.1) is 6.54 Å². The van der Waals surface area contributed by atoms with Gasteiger partial charge in [-0.1, -0.05) is 11.8 Å². The van der Waals surface area contributed by atoms with E-state index < -0.39 is 0 Å². The van der Waals surface area contributed by atoms with E-state index in [9.17, 15) is 4.79 Å². The Kier molecular flexibility index (Phi) is 4.97. The van der Waals surface area contributed by atoms with Crippen LogP contribution in [0.2, 0.25) is 0 Å². The number of aryl methyl sites for hydroxylation is 1. The van der Waals surface area contributed by atoms with Gasteiger partial charge in [-0.3, -0.25) is 4.79 Å². The van der Waals surface area contributed by atoms with Gasteiger partial charge in [-0.2, -0.15) is 11.8 Å². The van der Waals surface area contributed by atoms with Gasteiger partial charge >= 0.3 is 0 Å². The largest absolute Gasteiger partial charge is 0.336 e. The van der Waals surface area contributed by atoms with Crippen LogP contribution in [0.5, 0.6) is 0 Å². The van der Waals surface area contributed by atoms with Crippen LogP contribution in [0.25, 0.3) is 0 Å². The summed E-state index contributed by atoms with van der Waals surface area (Å²) in [6.07, 6.45) is 0. The molecular weight excluding hydrogens is 280 g/mol. The van der Waals surface area contributed by atoms with Gasteiger partial charge in [0.15, 0.2) is 0 Å². The SMILES string of the molecule is Cc1cc(C#CCN)cc(C(=O)N2CCSC(C)(C)C2)c1. The smallest absolute Gasteiger partial charge is 0.253 e. The van der Waals surface area contributed by atoms with Gasteiger partial charge < -0.3 is 10.6 Å². The van der Waals surface area contributed by atoms with E-state index in [1.807, 2.05) is 41.8 Å². The Bertz CT molecular complexity index is 599. The molecule has 0 bridgehead atoms. The van der Waals surface area contributed by atoms with Crippen LogP contribution in [0.3, 0.4) is 0 Å². The number of nitrogens with zero attached hydrogens (tertiary/aromatic N) is 1. The van der Waals surface area contributed by atoms with Crippen LogP contribution in [-0.4, -0.2) is 40.9 Å². The van der Waals surface area contributed by atoms with E-state index in [0.717, 1.165) is 35.5 Å². The average Bonchev–Trinajstić information content (AvgIpc) is 2.42.